The molecule has 0 saturated heterocycles. The highest BCUT2D eigenvalue weighted by Gasteiger charge is 2.39. The lowest BCUT2D eigenvalue weighted by atomic mass is 10.1. The maximum atomic E-state index is 13.9. The number of nitrogens with one attached hydrogen (secondary N) is 1. The number of carbonyl (C=O) groups is 2. The minimum Gasteiger partial charge on any atom is -0.364 e. The SMILES string of the molecule is Cc1c(NC(=O)c2cc(C(N)=O)nc3cc(F)c(F)cc23)c(C(F)(F)F)nn1Cc1ccc(C#N)cc1. The number of fused-ring (bicyclic) bond motifs is 1. The van der Waals surface area contributed by atoms with E-state index in [0.717, 1.165) is 10.7 Å². The molecule has 0 aliphatic carbocycles. The summed E-state index contributed by atoms with van der Waals surface area (Å²) in [4.78, 5) is 28.6. The Labute approximate surface area is 205 Å². The van der Waals surface area contributed by atoms with Gasteiger partial charge in [-0.3, -0.25) is 14.3 Å². The number of hydrogen-bond acceptors (Lipinski definition) is 5. The van der Waals surface area contributed by atoms with Gasteiger partial charge in [-0.1, -0.05) is 12.1 Å². The van der Waals surface area contributed by atoms with E-state index in [1.807, 2.05) is 6.07 Å². The van der Waals surface area contributed by atoms with E-state index in [1.165, 1.54) is 19.1 Å². The minimum absolute atomic E-state index is 0.0595. The molecule has 3 N–H and O–H groups in total. The first-order chi connectivity index (χ1) is 17.4. The van der Waals surface area contributed by atoms with Gasteiger partial charge in [0.1, 0.15) is 5.69 Å². The lowest BCUT2D eigenvalue weighted by molar-refractivity contribution is -0.140. The van der Waals surface area contributed by atoms with E-state index in [4.69, 9.17) is 11.0 Å². The number of rotatable bonds is 5. The van der Waals surface area contributed by atoms with Crippen LogP contribution < -0.4 is 11.1 Å². The van der Waals surface area contributed by atoms with Crippen molar-refractivity contribution in [2.45, 2.75) is 19.6 Å². The first-order valence-corrected chi connectivity index (χ1v) is 10.4. The molecular weight excluding hydrogens is 499 g/mol. The summed E-state index contributed by atoms with van der Waals surface area (Å²) in [5, 5.41) is 14.4. The van der Waals surface area contributed by atoms with Gasteiger partial charge in [-0.2, -0.15) is 23.5 Å². The van der Waals surface area contributed by atoms with E-state index in [2.05, 4.69) is 15.4 Å². The fraction of sp³-hybridized carbons (Fsp3) is 0.125. The van der Waals surface area contributed by atoms with Crippen molar-refractivity contribution < 1.29 is 31.5 Å². The van der Waals surface area contributed by atoms with Crippen molar-refractivity contribution >= 4 is 28.4 Å². The molecule has 37 heavy (non-hydrogen) atoms. The third kappa shape index (κ3) is 4.94. The van der Waals surface area contributed by atoms with Crippen LogP contribution in [0, 0.1) is 29.9 Å². The average molecular weight is 514 g/mol. The van der Waals surface area contributed by atoms with Crippen molar-refractivity contribution in [2.24, 2.45) is 5.73 Å². The molecule has 2 aromatic carbocycles. The van der Waals surface area contributed by atoms with Crippen LogP contribution in [0.2, 0.25) is 0 Å². The highest BCUT2D eigenvalue weighted by Crippen LogP contribution is 2.36. The topological polar surface area (TPSA) is 127 Å². The van der Waals surface area contributed by atoms with E-state index in [0.29, 0.717) is 23.3 Å². The van der Waals surface area contributed by atoms with Crippen LogP contribution in [0.3, 0.4) is 0 Å². The van der Waals surface area contributed by atoms with E-state index in [-0.39, 0.29) is 23.1 Å². The van der Waals surface area contributed by atoms with Crippen molar-refractivity contribution in [3.8, 4) is 6.07 Å². The van der Waals surface area contributed by atoms with Crippen LogP contribution >= 0.6 is 0 Å². The molecule has 4 aromatic rings. The van der Waals surface area contributed by atoms with Crippen LogP contribution in [-0.2, 0) is 12.7 Å². The van der Waals surface area contributed by atoms with Gasteiger partial charge in [-0.05, 0) is 36.8 Å². The Morgan fingerprint density at radius 1 is 1.11 bits per heavy atom. The first-order valence-electron chi connectivity index (χ1n) is 10.4. The Morgan fingerprint density at radius 2 is 1.76 bits per heavy atom. The number of nitriles is 1. The predicted molar refractivity (Wildman–Crippen MR) is 120 cm³/mol. The monoisotopic (exact) mass is 514 g/mol. The number of carbonyl (C=O) groups excluding carboxylic acids is 2. The summed E-state index contributed by atoms with van der Waals surface area (Å²) >= 11 is 0. The van der Waals surface area contributed by atoms with Crippen LogP contribution in [0.1, 0.15) is 43.4 Å². The smallest absolute Gasteiger partial charge is 0.364 e. The second-order valence-electron chi connectivity index (χ2n) is 7.93. The highest BCUT2D eigenvalue weighted by molar-refractivity contribution is 6.14. The van der Waals surface area contributed by atoms with E-state index >= 15 is 0 Å². The summed E-state index contributed by atoms with van der Waals surface area (Å²) in [7, 11) is 0. The number of anilines is 1. The van der Waals surface area contributed by atoms with Gasteiger partial charge in [-0.15, -0.1) is 0 Å². The fourth-order valence-electron chi connectivity index (χ4n) is 3.62. The van der Waals surface area contributed by atoms with Gasteiger partial charge in [0.05, 0.1) is 40.6 Å². The van der Waals surface area contributed by atoms with Gasteiger partial charge in [0.2, 0.25) is 0 Å². The Morgan fingerprint density at radius 3 is 2.35 bits per heavy atom. The Hall–Kier alpha value is -4.86. The van der Waals surface area contributed by atoms with Gasteiger partial charge in [-0.25, -0.2) is 13.8 Å². The summed E-state index contributed by atoms with van der Waals surface area (Å²) in [6.45, 7) is 1.20. The van der Waals surface area contributed by atoms with Gasteiger partial charge < -0.3 is 11.1 Å². The summed E-state index contributed by atoms with van der Waals surface area (Å²) in [6, 6.07) is 10.2. The van der Waals surface area contributed by atoms with E-state index in [9.17, 15) is 31.5 Å². The standard InChI is InChI=1S/C24H15F5N6O2/c1-11-20(21(24(27,28)29)34-35(11)10-13-4-2-12(9-30)3-5-13)33-23(37)15-7-19(22(31)36)32-18-8-17(26)16(25)6-14(15)18/h2-8H,10H2,1H3,(H2,31,36)(H,33,37). The van der Waals surface area contributed by atoms with Crippen molar-refractivity contribution in [1.29, 1.82) is 5.26 Å². The average Bonchev–Trinajstić information content (AvgIpc) is 3.15. The molecule has 2 aromatic heterocycles. The van der Waals surface area contributed by atoms with Crippen LogP contribution in [0.5, 0.6) is 0 Å². The predicted octanol–water partition coefficient (Wildman–Crippen LogP) is 4.31. The number of primary amides is 1. The largest absolute Gasteiger partial charge is 0.437 e. The molecule has 13 heteroatoms. The van der Waals surface area contributed by atoms with Crippen LogP contribution in [0.15, 0.2) is 42.5 Å². The van der Waals surface area contributed by atoms with Gasteiger partial charge >= 0.3 is 6.18 Å². The van der Waals surface area contributed by atoms with Crippen molar-refractivity contribution in [2.75, 3.05) is 5.32 Å². The number of pyridine rings is 1. The Kier molecular flexibility index (Phi) is 6.35. The summed E-state index contributed by atoms with van der Waals surface area (Å²) in [5.74, 6) is -4.90. The molecule has 0 aliphatic rings. The van der Waals surface area contributed by atoms with Crippen molar-refractivity contribution in [3.05, 3.63) is 87.9 Å². The molecule has 0 aliphatic heterocycles. The van der Waals surface area contributed by atoms with Crippen LogP contribution in [0.4, 0.5) is 27.6 Å². The number of amides is 2. The van der Waals surface area contributed by atoms with Gasteiger partial charge in [0, 0.05) is 11.5 Å². The zero-order valence-electron chi connectivity index (χ0n) is 18.8. The normalized spacial score (nSPS) is 11.4. The third-order valence-corrected chi connectivity index (χ3v) is 5.48. The second kappa shape index (κ2) is 9.30. The molecule has 0 bridgehead atoms. The van der Waals surface area contributed by atoms with Gasteiger partial charge in [0.25, 0.3) is 11.8 Å². The minimum atomic E-state index is -4.96. The zero-order chi connectivity index (χ0) is 27.1. The molecular formula is C24H15F5N6O2. The molecule has 4 rings (SSSR count). The molecule has 0 radical (unpaired) electrons. The van der Waals surface area contributed by atoms with Crippen molar-refractivity contribution in [1.82, 2.24) is 14.8 Å². The second-order valence-corrected chi connectivity index (χ2v) is 7.93. The zero-order valence-corrected chi connectivity index (χ0v) is 18.8. The molecule has 0 saturated carbocycles. The van der Waals surface area contributed by atoms with E-state index < -0.39 is 52.3 Å². The lowest BCUT2D eigenvalue weighted by Crippen LogP contribution is -2.19. The van der Waals surface area contributed by atoms with Crippen molar-refractivity contribution in [3.63, 3.8) is 0 Å². The number of aromatic nitrogens is 3. The molecule has 0 atom stereocenters. The van der Waals surface area contributed by atoms with Crippen LogP contribution in [-0.4, -0.2) is 26.6 Å². The number of halogens is 5. The Balaban J connectivity index is 1.79. The number of alkyl halides is 3. The van der Waals surface area contributed by atoms with Gasteiger partial charge in [0.15, 0.2) is 17.3 Å². The number of nitrogens with zero attached hydrogens (tertiary/aromatic N) is 4. The molecule has 188 valence electrons. The third-order valence-electron chi connectivity index (χ3n) is 5.48. The Bertz CT molecular complexity index is 1600. The van der Waals surface area contributed by atoms with E-state index in [1.54, 1.807) is 12.1 Å². The molecule has 0 unspecified atom stereocenters. The maximum absolute atomic E-state index is 13.9. The summed E-state index contributed by atoms with van der Waals surface area (Å²) < 4.78 is 70.2. The maximum Gasteiger partial charge on any atom is 0.437 e. The number of nitrogens with two attached hydrogens (primary N) is 1. The first kappa shape index (κ1) is 25.2. The number of benzene rings is 2. The lowest BCUT2D eigenvalue weighted by Gasteiger charge is -2.12. The molecule has 0 fully saturated rings. The fourth-order valence-corrected chi connectivity index (χ4v) is 3.62. The van der Waals surface area contributed by atoms with Crippen LogP contribution in [0.25, 0.3) is 10.9 Å². The quantitative estimate of drug-likeness (QED) is 0.384. The molecule has 8 nitrogen and oxygen atoms in total. The highest BCUT2D eigenvalue weighted by atomic mass is 19.4. The summed E-state index contributed by atoms with van der Waals surface area (Å²) in [5.41, 5.74) is 2.77. The molecule has 2 amide bonds. The molecule has 2 heterocycles. The molecule has 0 spiro atoms. The number of hydrogen-bond donors (Lipinski definition) is 2. The summed E-state index contributed by atoms with van der Waals surface area (Å²) in [6.07, 6.45) is -4.96.